The second-order valence-corrected chi connectivity index (χ2v) is 4.48. The molecule has 0 aliphatic heterocycles. The Morgan fingerprint density at radius 2 is 2.22 bits per heavy atom. The number of nitrogens with one attached hydrogen (secondary N) is 2. The summed E-state index contributed by atoms with van der Waals surface area (Å²) >= 11 is 3.16. The molecule has 0 saturated heterocycles. The second-order valence-electron chi connectivity index (χ2n) is 3.69. The largest absolute Gasteiger partial charge is 0.444 e. The summed E-state index contributed by atoms with van der Waals surface area (Å²) in [6.07, 6.45) is 1.67. The van der Waals surface area contributed by atoms with E-state index in [2.05, 4.69) is 31.4 Å². The summed E-state index contributed by atoms with van der Waals surface area (Å²) in [5.41, 5.74) is 1.56. The van der Waals surface area contributed by atoms with Crippen LogP contribution in [0.1, 0.15) is 10.6 Å². The van der Waals surface area contributed by atoms with Gasteiger partial charge in [0.25, 0.3) is 5.91 Å². The SMILES string of the molecule is O=C(Nc1cccc2[nH]ncc12)c1ccc(Br)o1. The van der Waals surface area contributed by atoms with Gasteiger partial charge in [-0.15, -0.1) is 0 Å². The van der Waals surface area contributed by atoms with Crippen molar-refractivity contribution >= 4 is 38.4 Å². The van der Waals surface area contributed by atoms with Gasteiger partial charge in [-0.2, -0.15) is 5.10 Å². The molecule has 0 fully saturated rings. The Morgan fingerprint density at radius 3 is 3.00 bits per heavy atom. The molecule has 0 aliphatic carbocycles. The fourth-order valence-corrected chi connectivity index (χ4v) is 2.00. The van der Waals surface area contributed by atoms with E-state index in [1.54, 1.807) is 18.3 Å². The minimum atomic E-state index is -0.297. The van der Waals surface area contributed by atoms with Crippen LogP contribution in [-0.4, -0.2) is 16.1 Å². The van der Waals surface area contributed by atoms with Gasteiger partial charge in [0.1, 0.15) is 0 Å². The molecule has 0 atom stereocenters. The topological polar surface area (TPSA) is 70.9 Å². The number of carbonyl (C=O) groups is 1. The van der Waals surface area contributed by atoms with Gasteiger partial charge in [0.05, 0.1) is 17.4 Å². The molecule has 3 rings (SSSR count). The summed E-state index contributed by atoms with van der Waals surface area (Å²) in [6.45, 7) is 0. The number of carbonyl (C=O) groups excluding carboxylic acids is 1. The molecule has 0 spiro atoms. The van der Waals surface area contributed by atoms with Crippen molar-refractivity contribution in [3.63, 3.8) is 0 Å². The number of furan rings is 1. The van der Waals surface area contributed by atoms with E-state index < -0.39 is 0 Å². The predicted molar refractivity (Wildman–Crippen MR) is 70.5 cm³/mol. The first-order valence-corrected chi connectivity index (χ1v) is 6.02. The van der Waals surface area contributed by atoms with Crippen molar-refractivity contribution in [2.24, 2.45) is 0 Å². The van der Waals surface area contributed by atoms with Crippen LogP contribution in [0.4, 0.5) is 5.69 Å². The van der Waals surface area contributed by atoms with Gasteiger partial charge in [-0.1, -0.05) is 6.07 Å². The van der Waals surface area contributed by atoms with Crippen LogP contribution in [0, 0.1) is 0 Å². The summed E-state index contributed by atoms with van der Waals surface area (Å²) in [7, 11) is 0. The van der Waals surface area contributed by atoms with Gasteiger partial charge < -0.3 is 9.73 Å². The van der Waals surface area contributed by atoms with E-state index in [-0.39, 0.29) is 11.7 Å². The normalized spacial score (nSPS) is 10.7. The summed E-state index contributed by atoms with van der Waals surface area (Å²) < 4.78 is 5.71. The predicted octanol–water partition coefficient (Wildman–Crippen LogP) is 3.17. The zero-order valence-corrected chi connectivity index (χ0v) is 10.7. The summed E-state index contributed by atoms with van der Waals surface area (Å²) in [4.78, 5) is 11.9. The standard InChI is InChI=1S/C12H8BrN3O2/c13-11-5-4-10(18-11)12(17)15-8-2-1-3-9-7(8)6-14-16-9/h1-6H,(H,14,16)(H,15,17). The number of aromatic amines is 1. The lowest BCUT2D eigenvalue weighted by Gasteiger charge is -2.03. The molecule has 2 N–H and O–H groups in total. The minimum Gasteiger partial charge on any atom is -0.444 e. The molecule has 2 aromatic heterocycles. The van der Waals surface area contributed by atoms with Crippen LogP contribution in [0.5, 0.6) is 0 Å². The van der Waals surface area contributed by atoms with Crippen LogP contribution in [-0.2, 0) is 0 Å². The Bertz CT molecular complexity index is 717. The number of halogens is 1. The lowest BCUT2D eigenvalue weighted by atomic mass is 10.2. The average Bonchev–Trinajstić information content (AvgIpc) is 2.97. The molecule has 0 aliphatic rings. The highest BCUT2D eigenvalue weighted by Gasteiger charge is 2.12. The number of hydrogen-bond donors (Lipinski definition) is 2. The first-order chi connectivity index (χ1) is 8.74. The van der Waals surface area contributed by atoms with Gasteiger partial charge in [-0.3, -0.25) is 9.89 Å². The number of anilines is 1. The lowest BCUT2D eigenvalue weighted by molar-refractivity contribution is 0.0995. The summed E-state index contributed by atoms with van der Waals surface area (Å²) in [6, 6.07) is 8.83. The molecule has 0 unspecified atom stereocenters. The van der Waals surface area contributed by atoms with Crippen molar-refractivity contribution in [1.82, 2.24) is 10.2 Å². The average molecular weight is 306 g/mol. The van der Waals surface area contributed by atoms with E-state index in [4.69, 9.17) is 4.42 Å². The monoisotopic (exact) mass is 305 g/mol. The summed E-state index contributed by atoms with van der Waals surface area (Å²) in [5.74, 6) is -0.0447. The minimum absolute atomic E-state index is 0.252. The van der Waals surface area contributed by atoms with Crippen molar-refractivity contribution in [3.05, 3.63) is 47.0 Å². The number of rotatable bonds is 2. The third-order valence-electron chi connectivity index (χ3n) is 2.53. The van der Waals surface area contributed by atoms with E-state index in [1.165, 1.54) is 0 Å². The van der Waals surface area contributed by atoms with Crippen molar-refractivity contribution in [2.75, 3.05) is 5.32 Å². The van der Waals surface area contributed by atoms with Gasteiger partial charge >= 0.3 is 0 Å². The molecular weight excluding hydrogens is 298 g/mol. The molecule has 1 aromatic carbocycles. The van der Waals surface area contributed by atoms with Crippen LogP contribution in [0.15, 0.2) is 45.6 Å². The third-order valence-corrected chi connectivity index (χ3v) is 2.96. The van der Waals surface area contributed by atoms with E-state index in [0.29, 0.717) is 10.4 Å². The number of amides is 1. The highest BCUT2D eigenvalue weighted by Crippen LogP contribution is 2.22. The lowest BCUT2D eigenvalue weighted by Crippen LogP contribution is -2.10. The highest BCUT2D eigenvalue weighted by molar-refractivity contribution is 9.10. The number of aromatic nitrogens is 2. The van der Waals surface area contributed by atoms with Crippen molar-refractivity contribution in [3.8, 4) is 0 Å². The Hall–Kier alpha value is -2.08. The Labute approximate surface area is 110 Å². The maximum Gasteiger partial charge on any atom is 0.291 e. The molecule has 0 saturated carbocycles. The molecule has 3 aromatic rings. The molecule has 1 amide bonds. The van der Waals surface area contributed by atoms with E-state index in [9.17, 15) is 4.79 Å². The number of nitrogens with zero attached hydrogens (tertiary/aromatic N) is 1. The molecule has 18 heavy (non-hydrogen) atoms. The van der Waals surface area contributed by atoms with Crippen molar-refractivity contribution < 1.29 is 9.21 Å². The maximum atomic E-state index is 11.9. The smallest absolute Gasteiger partial charge is 0.291 e. The highest BCUT2D eigenvalue weighted by atomic mass is 79.9. The summed E-state index contributed by atoms with van der Waals surface area (Å²) in [5, 5.41) is 10.4. The fraction of sp³-hybridized carbons (Fsp3) is 0. The van der Waals surface area contributed by atoms with E-state index in [0.717, 1.165) is 10.9 Å². The fourth-order valence-electron chi connectivity index (χ4n) is 1.70. The van der Waals surface area contributed by atoms with Crippen LogP contribution in [0.25, 0.3) is 10.9 Å². The zero-order valence-electron chi connectivity index (χ0n) is 9.11. The molecule has 0 radical (unpaired) electrons. The van der Waals surface area contributed by atoms with Crippen molar-refractivity contribution in [2.45, 2.75) is 0 Å². The van der Waals surface area contributed by atoms with Gasteiger partial charge in [-0.05, 0) is 40.2 Å². The van der Waals surface area contributed by atoms with Crippen LogP contribution in [0.3, 0.4) is 0 Å². The molecular formula is C12H8BrN3O2. The molecule has 2 heterocycles. The molecule has 6 heteroatoms. The van der Waals surface area contributed by atoms with E-state index >= 15 is 0 Å². The van der Waals surface area contributed by atoms with Crippen molar-refractivity contribution in [1.29, 1.82) is 0 Å². The molecule has 5 nitrogen and oxygen atoms in total. The first kappa shape index (κ1) is 11.0. The maximum absolute atomic E-state index is 11.9. The number of fused-ring (bicyclic) bond motifs is 1. The van der Waals surface area contributed by atoms with Gasteiger partial charge in [-0.25, -0.2) is 0 Å². The first-order valence-electron chi connectivity index (χ1n) is 5.23. The van der Waals surface area contributed by atoms with Crippen LogP contribution in [0.2, 0.25) is 0 Å². The van der Waals surface area contributed by atoms with Crippen LogP contribution < -0.4 is 5.32 Å². The number of hydrogen-bond acceptors (Lipinski definition) is 3. The van der Waals surface area contributed by atoms with E-state index in [1.807, 2.05) is 18.2 Å². The Morgan fingerprint density at radius 1 is 1.33 bits per heavy atom. The van der Waals surface area contributed by atoms with Crippen LogP contribution >= 0.6 is 15.9 Å². The van der Waals surface area contributed by atoms with Gasteiger partial charge in [0.2, 0.25) is 0 Å². The zero-order chi connectivity index (χ0) is 12.5. The quantitative estimate of drug-likeness (QED) is 0.764. The number of H-pyrrole nitrogens is 1. The molecule has 0 bridgehead atoms. The number of benzene rings is 1. The Balaban J connectivity index is 1.92. The molecule has 90 valence electrons. The third kappa shape index (κ3) is 1.91. The second kappa shape index (κ2) is 4.30. The van der Waals surface area contributed by atoms with Gasteiger partial charge in [0, 0.05) is 5.39 Å². The Kier molecular flexibility index (Phi) is 2.64. The van der Waals surface area contributed by atoms with Gasteiger partial charge in [0.15, 0.2) is 10.4 Å².